The Morgan fingerprint density at radius 2 is 2.26 bits per heavy atom. The van der Waals surface area contributed by atoms with E-state index in [0.717, 1.165) is 5.56 Å². The first-order chi connectivity index (χ1) is 9.11. The van der Waals surface area contributed by atoms with Gasteiger partial charge in [0.2, 0.25) is 5.43 Å². The van der Waals surface area contributed by atoms with Crippen LogP contribution in [0.2, 0.25) is 0 Å². The van der Waals surface area contributed by atoms with Crippen LogP contribution in [0.3, 0.4) is 0 Å². The first-order valence-electron chi connectivity index (χ1n) is 5.84. The summed E-state index contributed by atoms with van der Waals surface area (Å²) in [5.41, 5.74) is 0.779. The lowest BCUT2D eigenvalue weighted by Crippen LogP contribution is -2.18. The van der Waals surface area contributed by atoms with Crippen LogP contribution in [0.25, 0.3) is 10.9 Å². The zero-order valence-corrected chi connectivity index (χ0v) is 10.2. The summed E-state index contributed by atoms with van der Waals surface area (Å²) in [6, 6.07) is 3.34. The van der Waals surface area contributed by atoms with Crippen LogP contribution >= 0.6 is 0 Å². The van der Waals surface area contributed by atoms with Crippen LogP contribution in [-0.4, -0.2) is 15.6 Å². The number of aryl methyl sites for hydroxylation is 1. The third kappa shape index (κ3) is 1.68. The van der Waals surface area contributed by atoms with Gasteiger partial charge in [-0.2, -0.15) is 4.89 Å². The standard InChI is InChI=1S/C13H11NO5/c1-2-14-5-9(13(16)17)12(15)8-4-11-7(3-10(8)14)6-18-19-11/h3-5H,2,6H2,1H3,(H,16,17). The number of aromatic nitrogens is 1. The van der Waals surface area contributed by atoms with Crippen LogP contribution in [0, 0.1) is 0 Å². The number of hydrogen-bond donors (Lipinski definition) is 1. The summed E-state index contributed by atoms with van der Waals surface area (Å²) in [5.74, 6) is -0.762. The fourth-order valence-corrected chi connectivity index (χ4v) is 2.22. The largest absolute Gasteiger partial charge is 0.477 e. The van der Waals surface area contributed by atoms with E-state index in [1.165, 1.54) is 6.20 Å². The van der Waals surface area contributed by atoms with Gasteiger partial charge in [0, 0.05) is 18.3 Å². The van der Waals surface area contributed by atoms with E-state index in [1.54, 1.807) is 16.7 Å². The van der Waals surface area contributed by atoms with E-state index in [-0.39, 0.29) is 5.56 Å². The molecule has 0 atom stereocenters. The number of rotatable bonds is 2. The van der Waals surface area contributed by atoms with E-state index in [4.69, 9.17) is 14.9 Å². The van der Waals surface area contributed by atoms with Crippen LogP contribution in [0.1, 0.15) is 22.8 Å². The smallest absolute Gasteiger partial charge is 0.341 e. The molecular weight excluding hydrogens is 250 g/mol. The Balaban J connectivity index is 2.43. The molecule has 19 heavy (non-hydrogen) atoms. The van der Waals surface area contributed by atoms with Gasteiger partial charge >= 0.3 is 5.97 Å². The van der Waals surface area contributed by atoms with E-state index in [9.17, 15) is 9.59 Å². The van der Waals surface area contributed by atoms with Gasteiger partial charge < -0.3 is 14.6 Å². The summed E-state index contributed by atoms with van der Waals surface area (Å²) in [4.78, 5) is 33.0. The van der Waals surface area contributed by atoms with Crippen molar-refractivity contribution in [2.75, 3.05) is 0 Å². The Kier molecular flexibility index (Phi) is 2.53. The number of carbonyl (C=O) groups is 1. The normalized spacial score (nSPS) is 13.3. The van der Waals surface area contributed by atoms with Crippen molar-refractivity contribution >= 4 is 16.9 Å². The van der Waals surface area contributed by atoms with Crippen molar-refractivity contribution < 1.29 is 19.7 Å². The fourth-order valence-electron chi connectivity index (χ4n) is 2.22. The molecule has 6 nitrogen and oxygen atoms in total. The number of benzene rings is 1. The van der Waals surface area contributed by atoms with Gasteiger partial charge in [0.25, 0.3) is 0 Å². The number of fused-ring (bicyclic) bond motifs is 2. The molecule has 0 amide bonds. The molecule has 3 rings (SSSR count). The van der Waals surface area contributed by atoms with E-state index in [1.807, 2.05) is 6.92 Å². The lowest BCUT2D eigenvalue weighted by molar-refractivity contribution is -0.194. The molecule has 1 aromatic heterocycles. The molecule has 0 radical (unpaired) electrons. The van der Waals surface area contributed by atoms with Crippen LogP contribution in [0.4, 0.5) is 0 Å². The average Bonchev–Trinajstić information content (AvgIpc) is 2.84. The molecule has 0 spiro atoms. The van der Waals surface area contributed by atoms with Crippen molar-refractivity contribution in [3.8, 4) is 5.75 Å². The summed E-state index contributed by atoms with van der Waals surface area (Å²) >= 11 is 0. The molecule has 0 saturated carbocycles. The molecule has 2 aromatic rings. The minimum atomic E-state index is -1.23. The number of nitrogens with zero attached hydrogens (tertiary/aromatic N) is 1. The second-order valence-corrected chi connectivity index (χ2v) is 4.29. The summed E-state index contributed by atoms with van der Waals surface area (Å²) in [5, 5.41) is 9.39. The predicted molar refractivity (Wildman–Crippen MR) is 66.3 cm³/mol. The zero-order chi connectivity index (χ0) is 13.6. The van der Waals surface area contributed by atoms with Crippen LogP contribution in [-0.2, 0) is 18.0 Å². The van der Waals surface area contributed by atoms with Crippen molar-refractivity contribution in [3.05, 3.63) is 39.7 Å². The summed E-state index contributed by atoms with van der Waals surface area (Å²) in [6.45, 7) is 2.77. The highest BCUT2D eigenvalue weighted by Gasteiger charge is 2.20. The van der Waals surface area contributed by atoms with Gasteiger partial charge in [-0.25, -0.2) is 4.79 Å². The summed E-state index contributed by atoms with van der Waals surface area (Å²) in [7, 11) is 0. The highest BCUT2D eigenvalue weighted by Crippen LogP contribution is 2.30. The van der Waals surface area contributed by atoms with E-state index in [0.29, 0.717) is 29.8 Å². The molecule has 0 saturated heterocycles. The zero-order valence-electron chi connectivity index (χ0n) is 10.2. The maximum atomic E-state index is 12.1. The van der Waals surface area contributed by atoms with Crippen molar-refractivity contribution in [2.45, 2.75) is 20.1 Å². The maximum Gasteiger partial charge on any atom is 0.341 e. The van der Waals surface area contributed by atoms with Gasteiger partial charge in [0.15, 0.2) is 5.75 Å². The molecule has 6 heteroatoms. The molecule has 1 aromatic carbocycles. The number of pyridine rings is 1. The van der Waals surface area contributed by atoms with E-state index in [2.05, 4.69) is 0 Å². The predicted octanol–water partition coefficient (Wildman–Crippen LogP) is 1.54. The third-order valence-corrected chi connectivity index (χ3v) is 3.20. The van der Waals surface area contributed by atoms with E-state index >= 15 is 0 Å². The van der Waals surface area contributed by atoms with Gasteiger partial charge in [-0.3, -0.25) is 4.79 Å². The topological polar surface area (TPSA) is 77.8 Å². The fraction of sp³-hybridized carbons (Fsp3) is 0.231. The van der Waals surface area contributed by atoms with Gasteiger partial charge in [0.1, 0.15) is 12.2 Å². The Morgan fingerprint density at radius 3 is 2.95 bits per heavy atom. The minimum Gasteiger partial charge on any atom is -0.477 e. The summed E-state index contributed by atoms with van der Waals surface area (Å²) < 4.78 is 1.73. The average molecular weight is 261 g/mol. The van der Waals surface area contributed by atoms with E-state index < -0.39 is 11.4 Å². The molecule has 0 unspecified atom stereocenters. The lowest BCUT2D eigenvalue weighted by Gasteiger charge is -2.10. The molecular formula is C13H11NO5. The molecule has 0 fully saturated rings. The molecule has 2 heterocycles. The second-order valence-electron chi connectivity index (χ2n) is 4.29. The SMILES string of the molecule is CCn1cc(C(=O)O)c(=O)c2cc3c(cc21)COO3. The van der Waals surface area contributed by atoms with Crippen molar-refractivity contribution in [3.63, 3.8) is 0 Å². The second kappa shape index (κ2) is 4.10. The van der Waals surface area contributed by atoms with Gasteiger partial charge in [-0.15, -0.1) is 0 Å². The molecule has 1 aliphatic rings. The molecule has 0 aliphatic carbocycles. The minimum absolute atomic E-state index is 0.242. The van der Waals surface area contributed by atoms with Crippen molar-refractivity contribution in [1.29, 1.82) is 0 Å². The number of aromatic carboxylic acids is 1. The number of carboxylic acids is 1. The highest BCUT2D eigenvalue weighted by molar-refractivity contribution is 5.93. The quantitative estimate of drug-likeness (QED) is 0.830. The first-order valence-corrected chi connectivity index (χ1v) is 5.84. The van der Waals surface area contributed by atoms with Crippen LogP contribution in [0.15, 0.2) is 23.1 Å². The lowest BCUT2D eigenvalue weighted by atomic mass is 10.1. The Bertz CT molecular complexity index is 747. The molecule has 0 bridgehead atoms. The van der Waals surface area contributed by atoms with Crippen molar-refractivity contribution in [1.82, 2.24) is 4.57 Å². The van der Waals surface area contributed by atoms with Crippen LogP contribution in [0.5, 0.6) is 5.75 Å². The Morgan fingerprint density at radius 1 is 1.47 bits per heavy atom. The van der Waals surface area contributed by atoms with Gasteiger partial charge in [0.05, 0.1) is 10.9 Å². The Labute approximate surface area is 107 Å². The Hall–Kier alpha value is -2.34. The molecule has 98 valence electrons. The van der Waals surface area contributed by atoms with Crippen molar-refractivity contribution in [2.24, 2.45) is 0 Å². The first kappa shape index (κ1) is 11.7. The van der Waals surface area contributed by atoms with Crippen LogP contribution < -0.4 is 10.3 Å². The maximum absolute atomic E-state index is 12.1. The summed E-state index contributed by atoms with van der Waals surface area (Å²) in [6.07, 6.45) is 1.37. The highest BCUT2D eigenvalue weighted by atomic mass is 17.2. The molecule has 1 aliphatic heterocycles. The monoisotopic (exact) mass is 261 g/mol. The van der Waals surface area contributed by atoms with Gasteiger partial charge in [-0.1, -0.05) is 0 Å². The van der Waals surface area contributed by atoms with Gasteiger partial charge in [-0.05, 0) is 19.1 Å². The third-order valence-electron chi connectivity index (χ3n) is 3.20. The number of carboxylic acid groups (broad SMARTS) is 1. The molecule has 1 N–H and O–H groups in total. The number of hydrogen-bond acceptors (Lipinski definition) is 4.